The summed E-state index contributed by atoms with van der Waals surface area (Å²) in [4.78, 5) is 0. The molecule has 0 aliphatic carbocycles. The van der Waals surface area contributed by atoms with Gasteiger partial charge in [-0.1, -0.05) is 13.8 Å². The third-order valence-electron chi connectivity index (χ3n) is 2.03. The molecule has 0 aromatic rings. The lowest BCUT2D eigenvalue weighted by atomic mass is 10.1. The lowest BCUT2D eigenvalue weighted by Crippen LogP contribution is -2.37. The van der Waals surface area contributed by atoms with Gasteiger partial charge in [-0.25, -0.2) is 0 Å². The quantitative estimate of drug-likeness (QED) is 0.491. The molecule has 72 valence electrons. The highest BCUT2D eigenvalue weighted by molar-refractivity contribution is 5.81. The van der Waals surface area contributed by atoms with E-state index < -0.39 is 0 Å². The highest BCUT2D eigenvalue weighted by atomic mass is 16.5. The van der Waals surface area contributed by atoms with Crippen LogP contribution in [0.4, 0.5) is 0 Å². The van der Waals surface area contributed by atoms with E-state index in [4.69, 9.17) is 15.9 Å². The molecule has 0 fully saturated rings. The van der Waals surface area contributed by atoms with E-state index in [-0.39, 0.29) is 17.5 Å². The Labute approximate surface area is 74.8 Å². The van der Waals surface area contributed by atoms with Crippen molar-refractivity contribution in [1.82, 2.24) is 0 Å². The summed E-state index contributed by atoms with van der Waals surface area (Å²) in [6.45, 7) is 8.06. The number of nitrogens with one attached hydrogen (secondary N) is 1. The van der Waals surface area contributed by atoms with Crippen molar-refractivity contribution in [2.75, 3.05) is 0 Å². The number of amidine groups is 1. The van der Waals surface area contributed by atoms with Crippen LogP contribution in [-0.4, -0.2) is 17.5 Å². The maximum atomic E-state index is 7.26. The Kier molecular flexibility index (Phi) is 4.24. The van der Waals surface area contributed by atoms with Crippen molar-refractivity contribution in [3.63, 3.8) is 0 Å². The minimum atomic E-state index is -0.222. The van der Waals surface area contributed by atoms with Crippen LogP contribution in [0.25, 0.3) is 0 Å². The lowest BCUT2D eigenvalue weighted by Gasteiger charge is -2.28. The van der Waals surface area contributed by atoms with Crippen molar-refractivity contribution < 1.29 is 4.74 Å². The third kappa shape index (κ3) is 3.72. The van der Waals surface area contributed by atoms with Crippen LogP contribution >= 0.6 is 0 Å². The number of nitrogens with two attached hydrogens (primary N) is 1. The average Bonchev–Trinajstić information content (AvgIpc) is 2.00. The molecule has 0 bridgehead atoms. The molecule has 0 aliphatic rings. The summed E-state index contributed by atoms with van der Waals surface area (Å²) in [5, 5.41) is 7.26. The molecule has 0 aromatic carbocycles. The molecule has 3 N–H and O–H groups in total. The van der Waals surface area contributed by atoms with Crippen LogP contribution in [0.15, 0.2) is 0 Å². The van der Waals surface area contributed by atoms with Gasteiger partial charge in [0.05, 0.1) is 5.60 Å². The van der Waals surface area contributed by atoms with Gasteiger partial charge < -0.3 is 10.5 Å². The Morgan fingerprint density at radius 3 is 2.25 bits per heavy atom. The summed E-state index contributed by atoms with van der Waals surface area (Å²) in [6.07, 6.45) is 1.47. The highest BCUT2D eigenvalue weighted by Gasteiger charge is 2.22. The summed E-state index contributed by atoms with van der Waals surface area (Å²) < 4.78 is 5.65. The fourth-order valence-electron chi connectivity index (χ4n) is 0.835. The summed E-state index contributed by atoms with van der Waals surface area (Å²) in [5.41, 5.74) is 5.19. The van der Waals surface area contributed by atoms with Crippen molar-refractivity contribution >= 4 is 5.84 Å². The molecule has 12 heavy (non-hydrogen) atoms. The van der Waals surface area contributed by atoms with Gasteiger partial charge in [0.15, 0.2) is 0 Å². The molecule has 0 aromatic heterocycles. The first-order chi connectivity index (χ1) is 5.43. The monoisotopic (exact) mass is 172 g/mol. The Hall–Kier alpha value is -0.570. The maximum absolute atomic E-state index is 7.26. The van der Waals surface area contributed by atoms with Crippen LogP contribution in [0.5, 0.6) is 0 Å². The van der Waals surface area contributed by atoms with Gasteiger partial charge in [0, 0.05) is 0 Å². The van der Waals surface area contributed by atoms with Crippen molar-refractivity contribution in [2.45, 2.75) is 52.2 Å². The molecule has 0 amide bonds. The molecule has 3 heteroatoms. The molecular formula is C9H20N2O. The van der Waals surface area contributed by atoms with Crippen molar-refractivity contribution in [1.29, 1.82) is 5.41 Å². The van der Waals surface area contributed by atoms with Gasteiger partial charge in [0.25, 0.3) is 0 Å². The fraction of sp³-hybridized carbons (Fsp3) is 0.889. The highest BCUT2D eigenvalue weighted by Crippen LogP contribution is 2.17. The third-order valence-corrected chi connectivity index (χ3v) is 2.03. The summed E-state index contributed by atoms with van der Waals surface area (Å²) >= 11 is 0. The van der Waals surface area contributed by atoms with Gasteiger partial charge in [-0.15, -0.1) is 0 Å². The second-order valence-electron chi connectivity index (χ2n) is 3.58. The van der Waals surface area contributed by atoms with Crippen LogP contribution in [0.3, 0.4) is 0 Å². The smallest absolute Gasteiger partial charge is 0.120 e. The molecule has 0 rings (SSSR count). The van der Waals surface area contributed by atoms with Gasteiger partial charge in [0.2, 0.25) is 0 Å². The number of ether oxygens (including phenoxy) is 1. The van der Waals surface area contributed by atoms with E-state index in [1.807, 2.05) is 20.8 Å². The van der Waals surface area contributed by atoms with E-state index in [2.05, 4.69) is 6.92 Å². The molecule has 0 aliphatic heterocycles. The number of rotatable bonds is 5. The molecule has 0 saturated heterocycles. The molecule has 0 saturated carbocycles. The second kappa shape index (κ2) is 4.45. The molecule has 1 unspecified atom stereocenters. The van der Waals surface area contributed by atoms with Crippen molar-refractivity contribution in [2.24, 2.45) is 5.73 Å². The normalized spacial score (nSPS) is 14.3. The summed E-state index contributed by atoms with van der Waals surface area (Å²) in [5.74, 6) is 0.124. The SMILES string of the molecule is CCC(OC(C)(C)CC)C(=N)N. The Morgan fingerprint density at radius 2 is 2.00 bits per heavy atom. The average molecular weight is 172 g/mol. The van der Waals surface area contributed by atoms with E-state index in [0.29, 0.717) is 0 Å². The van der Waals surface area contributed by atoms with Crippen LogP contribution in [0.1, 0.15) is 40.5 Å². The van der Waals surface area contributed by atoms with Gasteiger partial charge in [0.1, 0.15) is 11.9 Å². The number of hydrogen-bond donors (Lipinski definition) is 2. The molecule has 0 heterocycles. The zero-order chi connectivity index (χ0) is 9.78. The Morgan fingerprint density at radius 1 is 1.50 bits per heavy atom. The van der Waals surface area contributed by atoms with E-state index >= 15 is 0 Å². The molecule has 3 nitrogen and oxygen atoms in total. The molecule has 0 spiro atoms. The summed E-state index contributed by atoms with van der Waals surface area (Å²) in [6, 6.07) is 0. The zero-order valence-corrected chi connectivity index (χ0v) is 8.48. The van der Waals surface area contributed by atoms with Crippen molar-refractivity contribution in [3.8, 4) is 0 Å². The maximum Gasteiger partial charge on any atom is 0.120 e. The largest absolute Gasteiger partial charge is 0.385 e. The summed E-state index contributed by atoms with van der Waals surface area (Å²) in [7, 11) is 0. The van der Waals surface area contributed by atoms with Crippen LogP contribution < -0.4 is 5.73 Å². The zero-order valence-electron chi connectivity index (χ0n) is 8.48. The van der Waals surface area contributed by atoms with E-state index in [1.54, 1.807) is 0 Å². The van der Waals surface area contributed by atoms with Gasteiger partial charge in [-0.3, -0.25) is 5.41 Å². The number of hydrogen-bond acceptors (Lipinski definition) is 2. The Balaban J connectivity index is 4.11. The van der Waals surface area contributed by atoms with Crippen LogP contribution in [0.2, 0.25) is 0 Å². The first-order valence-corrected chi connectivity index (χ1v) is 4.44. The van der Waals surface area contributed by atoms with Crippen molar-refractivity contribution in [3.05, 3.63) is 0 Å². The first kappa shape index (κ1) is 11.4. The van der Waals surface area contributed by atoms with Crippen LogP contribution in [-0.2, 0) is 4.74 Å². The molecular weight excluding hydrogens is 152 g/mol. The van der Waals surface area contributed by atoms with E-state index in [1.165, 1.54) is 0 Å². The first-order valence-electron chi connectivity index (χ1n) is 4.44. The van der Waals surface area contributed by atoms with Crippen LogP contribution in [0, 0.1) is 5.41 Å². The minimum Gasteiger partial charge on any atom is -0.385 e. The Bertz CT molecular complexity index is 155. The van der Waals surface area contributed by atoms with E-state index in [0.717, 1.165) is 12.8 Å². The van der Waals surface area contributed by atoms with Gasteiger partial charge in [-0.05, 0) is 26.7 Å². The lowest BCUT2D eigenvalue weighted by molar-refractivity contribution is -0.0465. The second-order valence-corrected chi connectivity index (χ2v) is 3.58. The topological polar surface area (TPSA) is 59.1 Å². The minimum absolute atomic E-state index is 0.124. The van der Waals surface area contributed by atoms with Gasteiger partial charge >= 0.3 is 0 Å². The van der Waals surface area contributed by atoms with E-state index in [9.17, 15) is 0 Å². The molecule has 1 atom stereocenters. The predicted molar refractivity (Wildman–Crippen MR) is 51.4 cm³/mol. The standard InChI is InChI=1S/C9H20N2O/c1-5-7(8(10)11)12-9(3,4)6-2/h7H,5-6H2,1-4H3,(H3,10,11). The molecule has 0 radical (unpaired) electrons. The fourth-order valence-corrected chi connectivity index (χ4v) is 0.835. The van der Waals surface area contributed by atoms with Gasteiger partial charge in [-0.2, -0.15) is 0 Å². The predicted octanol–water partition coefficient (Wildman–Crippen LogP) is 1.91.